The Labute approximate surface area is 391 Å². The first kappa shape index (κ1) is 44.4. The fraction of sp³-hybridized carbons (Fsp3) is 0.269. The number of methoxy groups -OCH3 is 2. The number of imidazole rings is 1. The van der Waals surface area contributed by atoms with Crippen LogP contribution in [-0.4, -0.2) is 122 Å². The number of benzene rings is 4. The summed E-state index contributed by atoms with van der Waals surface area (Å²) in [4.78, 5) is 38.9. The van der Waals surface area contributed by atoms with E-state index in [4.69, 9.17) is 37.5 Å². The molecule has 340 valence electrons. The summed E-state index contributed by atoms with van der Waals surface area (Å²) in [5.74, 6) is 2.64. The largest absolute Gasteiger partial charge is 0.498 e. The second kappa shape index (κ2) is 19.7. The number of ether oxygens (including phenoxy) is 2. The van der Waals surface area contributed by atoms with Crippen LogP contribution in [0.15, 0.2) is 119 Å². The van der Waals surface area contributed by atoms with Crippen molar-refractivity contribution in [2.75, 3.05) is 102 Å². The number of aromatic nitrogens is 4. The van der Waals surface area contributed by atoms with Gasteiger partial charge in [0.1, 0.15) is 23.5 Å². The Morgan fingerprint density at radius 3 is 1.88 bits per heavy atom. The van der Waals surface area contributed by atoms with Crippen LogP contribution in [0, 0.1) is 6.57 Å². The summed E-state index contributed by atoms with van der Waals surface area (Å²) in [7, 11) is 7.59. The predicted octanol–water partition coefficient (Wildman–Crippen LogP) is 7.98. The molecule has 15 heteroatoms. The molecule has 2 saturated heterocycles. The maximum absolute atomic E-state index is 6.62. The van der Waals surface area contributed by atoms with Crippen LogP contribution in [0.1, 0.15) is 22.4 Å². The SMILES string of the molecule is CN1CCN(c2ccc3nc(-c4ccc(N)c(N)c4)[nH]c3c2)CC1.COc1ccnc(C2=Nc3ccc(C4=Nc5ccc(N6CCN(C)CC6)cc5C4)cc3C2)c1.[C-]#[N+]c1cc(OC)ccn1. The number of rotatable bonds is 7. The Morgan fingerprint density at radius 1 is 0.597 bits per heavy atom. The number of nitrogens with two attached hydrogens (primary N) is 2. The Balaban J connectivity index is 0.000000144. The number of fused-ring (bicyclic) bond motifs is 3. The third-order valence-electron chi connectivity index (χ3n) is 12.6. The Kier molecular flexibility index (Phi) is 13.1. The van der Waals surface area contributed by atoms with Gasteiger partial charge in [-0.15, -0.1) is 4.98 Å². The van der Waals surface area contributed by atoms with Crippen molar-refractivity contribution < 1.29 is 9.47 Å². The highest BCUT2D eigenvalue weighted by atomic mass is 16.5. The van der Waals surface area contributed by atoms with Gasteiger partial charge in [0.15, 0.2) is 0 Å². The molecular weight excluding hydrogens is 839 g/mol. The topological polar surface area (TPSA) is 167 Å². The van der Waals surface area contributed by atoms with E-state index in [9.17, 15) is 0 Å². The molecule has 11 rings (SSSR count). The van der Waals surface area contributed by atoms with Gasteiger partial charge in [-0.3, -0.25) is 15.0 Å². The molecule has 0 amide bonds. The number of likely N-dealkylation sites (N-methyl/N-ethyl adjacent to an activating group) is 2. The Bertz CT molecular complexity index is 3010. The highest BCUT2D eigenvalue weighted by Gasteiger charge is 2.23. The predicted molar refractivity (Wildman–Crippen MR) is 270 cm³/mol. The van der Waals surface area contributed by atoms with Crippen molar-refractivity contribution in [3.05, 3.63) is 143 Å². The molecule has 4 aliphatic rings. The van der Waals surface area contributed by atoms with Crippen LogP contribution >= 0.6 is 0 Å². The van der Waals surface area contributed by atoms with Gasteiger partial charge >= 0.3 is 0 Å². The third kappa shape index (κ3) is 10.2. The lowest BCUT2D eigenvalue weighted by molar-refractivity contribution is 0.313. The van der Waals surface area contributed by atoms with Crippen LogP contribution in [0.3, 0.4) is 0 Å². The lowest BCUT2D eigenvalue weighted by Gasteiger charge is -2.34. The average molecular weight is 894 g/mol. The number of nitrogen functional groups attached to an aromatic ring is 2. The number of nitrogens with one attached hydrogen (secondary N) is 1. The normalized spacial score (nSPS) is 15.6. The van der Waals surface area contributed by atoms with E-state index in [-0.39, 0.29) is 0 Å². The average Bonchev–Trinajstić information content (AvgIpc) is 4.12. The van der Waals surface area contributed by atoms with Gasteiger partial charge in [0.25, 0.3) is 5.82 Å². The monoisotopic (exact) mass is 893 g/mol. The first-order chi connectivity index (χ1) is 32.6. The van der Waals surface area contributed by atoms with Crippen LogP contribution < -0.4 is 30.7 Å². The number of hydrogen-bond donors (Lipinski definition) is 3. The van der Waals surface area contributed by atoms with E-state index in [1.165, 1.54) is 28.1 Å². The number of aliphatic imine (C=N–C) groups is 2. The van der Waals surface area contributed by atoms with Gasteiger partial charge in [-0.25, -0.2) is 4.98 Å². The smallest absolute Gasteiger partial charge is 0.273 e. The van der Waals surface area contributed by atoms with Gasteiger partial charge < -0.3 is 50.4 Å². The van der Waals surface area contributed by atoms with Crippen molar-refractivity contribution in [2.24, 2.45) is 9.98 Å². The Morgan fingerprint density at radius 2 is 1.19 bits per heavy atom. The molecule has 4 aromatic carbocycles. The fourth-order valence-corrected chi connectivity index (χ4v) is 8.55. The molecule has 0 unspecified atom stereocenters. The van der Waals surface area contributed by atoms with Crippen molar-refractivity contribution in [3.8, 4) is 22.9 Å². The molecule has 0 saturated carbocycles. The van der Waals surface area contributed by atoms with Gasteiger partial charge in [0.05, 0.1) is 65.1 Å². The van der Waals surface area contributed by atoms with Crippen molar-refractivity contribution in [1.29, 1.82) is 0 Å². The van der Waals surface area contributed by atoms with E-state index in [1.54, 1.807) is 38.7 Å². The minimum atomic E-state index is 0.361. The molecule has 15 nitrogen and oxygen atoms in total. The molecule has 4 aliphatic heterocycles. The molecular formula is C52H55N13O2. The van der Waals surface area contributed by atoms with Gasteiger partial charge in [-0.2, -0.15) is 0 Å². The second-order valence-electron chi connectivity index (χ2n) is 17.1. The summed E-state index contributed by atoms with van der Waals surface area (Å²) in [5, 5.41) is 0. The second-order valence-corrected chi connectivity index (χ2v) is 17.1. The summed E-state index contributed by atoms with van der Waals surface area (Å²) in [6.45, 7) is 15.3. The van der Waals surface area contributed by atoms with E-state index in [0.717, 1.165) is 122 Å². The molecule has 7 aromatic rings. The standard InChI is InChI=1S/C27H27N5O.C18H22N6.C7H6N2O/c1-31-9-11-32(12-10-31)21-4-6-24-20(14-21)15-25(29-24)18-3-5-23-19(13-18)16-27(30-23)26-17-22(33-2)7-8-28-26;1-23-6-8-24(9-7-23)13-3-5-16-17(11-13)22-18(21-16)12-2-4-14(19)15(20)10-12;1-8-7-5-6(10-2)3-4-9-7/h3-8,13-14,17H,9-12,15-16H2,1-2H3;2-5,10-11H,6-9,19-20H2,1H3,(H,21,22);3-5H,2H3. The molecule has 0 aliphatic carbocycles. The summed E-state index contributed by atoms with van der Waals surface area (Å²) >= 11 is 0. The summed E-state index contributed by atoms with van der Waals surface area (Å²) in [6, 6.07) is 32.3. The van der Waals surface area contributed by atoms with Crippen LogP contribution in [0.4, 0.5) is 39.9 Å². The minimum Gasteiger partial charge on any atom is -0.498 e. The molecule has 7 heterocycles. The van der Waals surface area contributed by atoms with Crippen molar-refractivity contribution in [1.82, 2.24) is 29.7 Å². The van der Waals surface area contributed by atoms with E-state index in [2.05, 4.69) is 113 Å². The quantitative estimate of drug-likeness (QED) is 0.105. The number of pyridine rings is 2. The highest BCUT2D eigenvalue weighted by Crippen LogP contribution is 2.36. The van der Waals surface area contributed by atoms with Gasteiger partial charge in [-0.1, -0.05) is 12.6 Å². The lowest BCUT2D eigenvalue weighted by atomic mass is 9.99. The van der Waals surface area contributed by atoms with Gasteiger partial charge in [0, 0.05) is 107 Å². The molecule has 0 bridgehead atoms. The van der Waals surface area contributed by atoms with E-state index >= 15 is 0 Å². The number of anilines is 4. The zero-order chi connectivity index (χ0) is 46.4. The lowest BCUT2D eigenvalue weighted by Crippen LogP contribution is -2.44. The maximum atomic E-state index is 6.62. The Hall–Kier alpha value is -7.80. The number of H-pyrrole nitrogens is 1. The van der Waals surface area contributed by atoms with Crippen molar-refractivity contribution >= 4 is 62.4 Å². The van der Waals surface area contributed by atoms with E-state index in [0.29, 0.717) is 22.9 Å². The molecule has 2 fully saturated rings. The minimum absolute atomic E-state index is 0.361. The third-order valence-corrected chi connectivity index (χ3v) is 12.6. The maximum Gasteiger partial charge on any atom is 0.273 e. The van der Waals surface area contributed by atoms with Crippen LogP contribution in [0.5, 0.6) is 11.5 Å². The van der Waals surface area contributed by atoms with Gasteiger partial charge in [0.2, 0.25) is 0 Å². The number of hydrogen-bond acceptors (Lipinski definition) is 13. The molecule has 67 heavy (non-hydrogen) atoms. The molecule has 0 spiro atoms. The first-order valence-electron chi connectivity index (χ1n) is 22.4. The first-order valence-corrected chi connectivity index (χ1v) is 22.4. The summed E-state index contributed by atoms with van der Waals surface area (Å²) in [5.41, 5.74) is 27.2. The number of piperazine rings is 2. The fourth-order valence-electron chi connectivity index (χ4n) is 8.55. The van der Waals surface area contributed by atoms with Crippen LogP contribution in [0.2, 0.25) is 0 Å². The number of nitrogens with zero attached hydrogens (tertiary/aromatic N) is 10. The van der Waals surface area contributed by atoms with Gasteiger partial charge in [-0.05, 0) is 104 Å². The van der Waals surface area contributed by atoms with Crippen LogP contribution in [0.25, 0.3) is 27.3 Å². The zero-order valence-corrected chi connectivity index (χ0v) is 38.4. The molecule has 0 atom stereocenters. The molecule has 3 aromatic heterocycles. The summed E-state index contributed by atoms with van der Waals surface area (Å²) < 4.78 is 10.2. The van der Waals surface area contributed by atoms with Crippen LogP contribution in [-0.2, 0) is 12.8 Å². The van der Waals surface area contributed by atoms with Crippen molar-refractivity contribution in [2.45, 2.75) is 12.8 Å². The zero-order valence-electron chi connectivity index (χ0n) is 38.4. The van der Waals surface area contributed by atoms with E-state index in [1.807, 2.05) is 30.3 Å². The van der Waals surface area contributed by atoms with Crippen molar-refractivity contribution in [3.63, 3.8) is 0 Å². The highest BCUT2D eigenvalue weighted by molar-refractivity contribution is 6.09. The number of aromatic amines is 1. The molecule has 0 radical (unpaired) electrons. The summed E-state index contributed by atoms with van der Waals surface area (Å²) in [6.07, 6.45) is 4.97. The van der Waals surface area contributed by atoms with E-state index < -0.39 is 0 Å². The molecule has 5 N–H and O–H groups in total.